The van der Waals surface area contributed by atoms with Crippen LogP contribution in [0.4, 0.5) is 4.79 Å². The van der Waals surface area contributed by atoms with E-state index in [4.69, 9.17) is 0 Å². The molecule has 19 heavy (non-hydrogen) atoms. The molecule has 3 N–H and O–H groups in total. The fourth-order valence-electron chi connectivity index (χ4n) is 1.30. The lowest BCUT2D eigenvalue weighted by atomic mass is 10.4. The summed E-state index contributed by atoms with van der Waals surface area (Å²) < 4.78 is 1.47. The molecule has 0 fully saturated rings. The Labute approximate surface area is 114 Å². The minimum atomic E-state index is -0.564. The number of rotatable bonds is 5. The molecule has 0 radical (unpaired) electrons. The van der Waals surface area contributed by atoms with E-state index in [1.165, 1.54) is 11.6 Å². The van der Waals surface area contributed by atoms with Crippen LogP contribution in [-0.4, -0.2) is 39.0 Å². The molecule has 0 unspecified atom stereocenters. The van der Waals surface area contributed by atoms with E-state index in [9.17, 15) is 14.4 Å². The molecule has 3 amide bonds. The fourth-order valence-corrected chi connectivity index (χ4v) is 2.18. The molecule has 1 atom stereocenters. The molecule has 1 heterocycles. The number of imide groups is 1. The van der Waals surface area contributed by atoms with Crippen molar-refractivity contribution in [1.29, 1.82) is 0 Å². The van der Waals surface area contributed by atoms with E-state index in [1.54, 1.807) is 6.92 Å². The zero-order valence-electron chi connectivity index (χ0n) is 11.0. The largest absolute Gasteiger partial charge is 0.343 e. The van der Waals surface area contributed by atoms with Gasteiger partial charge in [0.2, 0.25) is 5.91 Å². The molecular formula is C10H17N5O3S. The predicted octanol–water partition coefficient (Wildman–Crippen LogP) is -0.0824. The molecule has 9 heteroatoms. The average Bonchev–Trinajstić information content (AvgIpc) is 2.71. The van der Waals surface area contributed by atoms with Crippen molar-refractivity contribution in [2.24, 2.45) is 0 Å². The number of carbonyl (C=O) groups excluding carboxylic acids is 2. The smallest absolute Gasteiger partial charge is 0.341 e. The molecule has 1 aromatic heterocycles. The lowest BCUT2D eigenvalue weighted by Crippen LogP contribution is -2.41. The molecule has 0 saturated heterocycles. The fraction of sp³-hybridized carbons (Fsp3) is 0.600. The van der Waals surface area contributed by atoms with Crippen molar-refractivity contribution in [2.75, 3.05) is 7.05 Å². The highest BCUT2D eigenvalue weighted by atomic mass is 32.2. The average molecular weight is 287 g/mol. The Bertz CT molecular complexity index is 510. The van der Waals surface area contributed by atoms with Crippen molar-refractivity contribution >= 4 is 23.7 Å². The van der Waals surface area contributed by atoms with E-state index >= 15 is 0 Å². The summed E-state index contributed by atoms with van der Waals surface area (Å²) in [7, 11) is 1.42. The second kappa shape index (κ2) is 6.98. The van der Waals surface area contributed by atoms with E-state index in [-0.39, 0.29) is 5.69 Å². The summed E-state index contributed by atoms with van der Waals surface area (Å²) in [4.78, 5) is 34.2. The number of nitrogens with zero attached hydrogens (tertiary/aromatic N) is 2. The summed E-state index contributed by atoms with van der Waals surface area (Å²) in [5.74, 6) is -0.442. The van der Waals surface area contributed by atoms with Gasteiger partial charge in [0.1, 0.15) is 0 Å². The highest BCUT2D eigenvalue weighted by Crippen LogP contribution is 2.19. The Balaban J connectivity index is 2.71. The third-order valence-corrected chi connectivity index (χ3v) is 3.38. The Morgan fingerprint density at radius 1 is 1.53 bits per heavy atom. The van der Waals surface area contributed by atoms with Gasteiger partial charge in [0, 0.05) is 13.6 Å². The molecule has 1 aromatic rings. The van der Waals surface area contributed by atoms with Gasteiger partial charge >= 0.3 is 11.7 Å². The number of aromatic amines is 1. The van der Waals surface area contributed by atoms with Crippen molar-refractivity contribution in [3.05, 3.63) is 10.5 Å². The molecule has 1 rings (SSSR count). The molecule has 0 aliphatic rings. The first kappa shape index (κ1) is 15.3. The monoisotopic (exact) mass is 287 g/mol. The van der Waals surface area contributed by atoms with Gasteiger partial charge in [-0.1, -0.05) is 18.7 Å². The number of aromatic nitrogens is 3. The molecule has 0 aliphatic carbocycles. The van der Waals surface area contributed by atoms with Crippen LogP contribution in [-0.2, 0) is 11.3 Å². The standard InChI is InChI=1S/C10H17N5O3S/c1-4-5-15-9(18)13-14-10(15)19-6(2)7(16)12-8(17)11-3/h6H,4-5H2,1-3H3,(H,13,18)(H2,11,12,16,17)/t6-/m0/s1. The van der Waals surface area contributed by atoms with E-state index in [0.717, 1.165) is 18.2 Å². The second-order valence-electron chi connectivity index (χ2n) is 3.79. The summed E-state index contributed by atoms with van der Waals surface area (Å²) in [5.41, 5.74) is -0.303. The van der Waals surface area contributed by atoms with E-state index in [2.05, 4.69) is 20.8 Å². The van der Waals surface area contributed by atoms with Gasteiger partial charge in [-0.3, -0.25) is 14.7 Å². The van der Waals surface area contributed by atoms with Crippen molar-refractivity contribution < 1.29 is 9.59 Å². The van der Waals surface area contributed by atoms with Crippen LogP contribution >= 0.6 is 11.8 Å². The van der Waals surface area contributed by atoms with Gasteiger partial charge in [-0.05, 0) is 13.3 Å². The lowest BCUT2D eigenvalue weighted by molar-refractivity contribution is -0.119. The molecule has 0 bridgehead atoms. The Morgan fingerprint density at radius 2 is 2.21 bits per heavy atom. The second-order valence-corrected chi connectivity index (χ2v) is 5.10. The van der Waals surface area contributed by atoms with Crippen molar-refractivity contribution in [2.45, 2.75) is 37.2 Å². The molecule has 106 valence electrons. The summed E-state index contributed by atoms with van der Waals surface area (Å²) in [6.07, 6.45) is 0.784. The van der Waals surface area contributed by atoms with Crippen LogP contribution in [0, 0.1) is 0 Å². The summed E-state index contributed by atoms with van der Waals surface area (Å²) in [6, 6.07) is -0.564. The third kappa shape index (κ3) is 4.12. The number of amides is 3. The number of carbonyl (C=O) groups is 2. The van der Waals surface area contributed by atoms with Gasteiger partial charge < -0.3 is 5.32 Å². The van der Waals surface area contributed by atoms with Crippen LogP contribution in [0.2, 0.25) is 0 Å². The van der Waals surface area contributed by atoms with E-state index < -0.39 is 17.2 Å². The molecule has 0 aromatic carbocycles. The summed E-state index contributed by atoms with van der Waals surface area (Å²) >= 11 is 1.12. The van der Waals surface area contributed by atoms with Gasteiger partial charge in [-0.15, -0.1) is 5.10 Å². The normalized spacial score (nSPS) is 11.9. The topological polar surface area (TPSA) is 109 Å². The first-order valence-electron chi connectivity index (χ1n) is 5.84. The van der Waals surface area contributed by atoms with Crippen LogP contribution in [0.1, 0.15) is 20.3 Å². The van der Waals surface area contributed by atoms with E-state index in [0.29, 0.717) is 11.7 Å². The number of thioether (sulfide) groups is 1. The van der Waals surface area contributed by atoms with Crippen LogP contribution in [0.3, 0.4) is 0 Å². The molecule has 0 aliphatic heterocycles. The zero-order chi connectivity index (χ0) is 14.4. The van der Waals surface area contributed by atoms with Crippen molar-refractivity contribution in [1.82, 2.24) is 25.4 Å². The number of hydrogen-bond acceptors (Lipinski definition) is 5. The van der Waals surface area contributed by atoms with Crippen molar-refractivity contribution in [3.63, 3.8) is 0 Å². The van der Waals surface area contributed by atoms with Gasteiger partial charge in [0.25, 0.3) is 0 Å². The van der Waals surface area contributed by atoms with Gasteiger partial charge in [0.05, 0.1) is 5.25 Å². The van der Waals surface area contributed by atoms with E-state index in [1.807, 2.05) is 6.92 Å². The number of H-pyrrole nitrogens is 1. The van der Waals surface area contributed by atoms with Gasteiger partial charge in [-0.2, -0.15) is 0 Å². The molecule has 0 spiro atoms. The zero-order valence-corrected chi connectivity index (χ0v) is 11.8. The highest BCUT2D eigenvalue weighted by molar-refractivity contribution is 8.00. The summed E-state index contributed by atoms with van der Waals surface area (Å²) in [5, 5.41) is 10.6. The molecule has 8 nitrogen and oxygen atoms in total. The minimum absolute atomic E-state index is 0.303. The van der Waals surface area contributed by atoms with Gasteiger partial charge in [-0.25, -0.2) is 14.7 Å². The van der Waals surface area contributed by atoms with Crippen LogP contribution < -0.4 is 16.3 Å². The maximum Gasteiger partial charge on any atom is 0.343 e. The number of nitrogens with one attached hydrogen (secondary N) is 3. The first-order valence-corrected chi connectivity index (χ1v) is 6.72. The predicted molar refractivity (Wildman–Crippen MR) is 71.1 cm³/mol. The highest BCUT2D eigenvalue weighted by Gasteiger charge is 2.20. The summed E-state index contributed by atoms with van der Waals surface area (Å²) in [6.45, 7) is 4.11. The Kier molecular flexibility index (Phi) is 5.61. The van der Waals surface area contributed by atoms with Crippen LogP contribution in [0.25, 0.3) is 0 Å². The van der Waals surface area contributed by atoms with Crippen molar-refractivity contribution in [3.8, 4) is 0 Å². The minimum Gasteiger partial charge on any atom is -0.341 e. The Morgan fingerprint density at radius 3 is 2.79 bits per heavy atom. The Hall–Kier alpha value is -1.77. The maximum atomic E-state index is 11.7. The quantitative estimate of drug-likeness (QED) is 0.656. The lowest BCUT2D eigenvalue weighted by Gasteiger charge is -2.10. The number of hydrogen-bond donors (Lipinski definition) is 3. The molecule has 0 saturated carbocycles. The SMILES string of the molecule is CCCn1c(S[C@@H](C)C(=O)NC(=O)NC)n[nH]c1=O. The third-order valence-electron chi connectivity index (χ3n) is 2.29. The molecular weight excluding hydrogens is 270 g/mol. The van der Waals surface area contributed by atoms with Crippen LogP contribution in [0.15, 0.2) is 9.95 Å². The van der Waals surface area contributed by atoms with Gasteiger partial charge in [0.15, 0.2) is 5.16 Å². The van der Waals surface area contributed by atoms with Crippen LogP contribution in [0.5, 0.6) is 0 Å². The maximum absolute atomic E-state index is 11.7. The first-order chi connectivity index (χ1) is 8.99. The number of urea groups is 1.